The zero-order valence-electron chi connectivity index (χ0n) is 21.6. The van der Waals surface area contributed by atoms with Gasteiger partial charge in [0.1, 0.15) is 23.9 Å². The quantitative estimate of drug-likeness (QED) is 0.140. The third kappa shape index (κ3) is 9.74. The van der Waals surface area contributed by atoms with Crippen LogP contribution in [-0.4, -0.2) is 79.1 Å². The molecule has 1 aromatic heterocycles. The van der Waals surface area contributed by atoms with Crippen LogP contribution in [0.5, 0.6) is 5.75 Å². The van der Waals surface area contributed by atoms with Gasteiger partial charge in [0.05, 0.1) is 18.8 Å². The second kappa shape index (κ2) is 14.5. The van der Waals surface area contributed by atoms with Gasteiger partial charge in [-0.1, -0.05) is 32.4 Å². The van der Waals surface area contributed by atoms with Crippen LogP contribution in [0.2, 0.25) is 0 Å². The van der Waals surface area contributed by atoms with Crippen LogP contribution in [-0.2, 0) is 36.8 Å². The highest BCUT2D eigenvalue weighted by Gasteiger charge is 2.32. The molecule has 3 amide bonds. The van der Waals surface area contributed by atoms with Crippen molar-refractivity contribution < 1.29 is 39.3 Å². The smallest absolute Gasteiger partial charge is 0.326 e. The Morgan fingerprint density at radius 3 is 2.08 bits per heavy atom. The fourth-order valence-electron chi connectivity index (χ4n) is 3.67. The van der Waals surface area contributed by atoms with Crippen LogP contribution in [0.3, 0.4) is 0 Å². The van der Waals surface area contributed by atoms with E-state index >= 15 is 0 Å². The number of imidazole rings is 1. The standard InChI is InChI=1S/C25H34N6O8/c1-3-13(2)21(25(38)39)31-24(37)18(8-14-4-6-16(32)7-5-14)30-23(36)19(9-15-11-27-12-28-15)29-22(35)17(26)10-20(33)34/h4-7,11-13,17-19,21,32H,3,8-10,26H2,1-2H3,(H,27,28)(H,29,35)(H,30,36)(H,31,37)(H,33,34)(H,38,39). The largest absolute Gasteiger partial charge is 0.508 e. The minimum atomic E-state index is -1.43. The minimum absolute atomic E-state index is 0.00784. The van der Waals surface area contributed by atoms with Crippen LogP contribution < -0.4 is 21.7 Å². The molecule has 39 heavy (non-hydrogen) atoms. The van der Waals surface area contributed by atoms with Crippen LogP contribution in [0.4, 0.5) is 0 Å². The Morgan fingerprint density at radius 1 is 0.949 bits per heavy atom. The number of aromatic hydroxyl groups is 1. The van der Waals surface area contributed by atoms with Gasteiger partial charge in [-0.25, -0.2) is 9.78 Å². The topological polar surface area (TPSA) is 237 Å². The lowest BCUT2D eigenvalue weighted by molar-refractivity contribution is -0.143. The Kier molecular flexibility index (Phi) is 11.4. The number of phenolic OH excluding ortho intramolecular Hbond substituents is 1. The molecule has 1 heterocycles. The summed E-state index contributed by atoms with van der Waals surface area (Å²) in [7, 11) is 0. The monoisotopic (exact) mass is 546 g/mol. The highest BCUT2D eigenvalue weighted by atomic mass is 16.4. The van der Waals surface area contributed by atoms with Crippen molar-refractivity contribution in [3.63, 3.8) is 0 Å². The molecule has 5 unspecified atom stereocenters. The van der Waals surface area contributed by atoms with Crippen LogP contribution in [0.1, 0.15) is 37.9 Å². The van der Waals surface area contributed by atoms with Gasteiger partial charge >= 0.3 is 11.9 Å². The number of aliphatic carboxylic acids is 2. The summed E-state index contributed by atoms with van der Waals surface area (Å²) in [5.74, 6) is -5.39. The van der Waals surface area contributed by atoms with Crippen LogP contribution in [0.15, 0.2) is 36.8 Å². The van der Waals surface area contributed by atoms with Crippen LogP contribution in [0, 0.1) is 5.92 Å². The number of nitrogens with two attached hydrogens (primary N) is 1. The molecule has 0 aliphatic carbocycles. The van der Waals surface area contributed by atoms with E-state index in [1.165, 1.54) is 24.7 Å². The van der Waals surface area contributed by atoms with Gasteiger partial charge in [-0.3, -0.25) is 19.2 Å². The van der Waals surface area contributed by atoms with E-state index in [0.717, 1.165) is 0 Å². The molecule has 2 rings (SSSR count). The van der Waals surface area contributed by atoms with E-state index in [-0.39, 0.29) is 18.6 Å². The molecule has 1 aromatic carbocycles. The van der Waals surface area contributed by atoms with Gasteiger partial charge in [0.25, 0.3) is 0 Å². The first-order chi connectivity index (χ1) is 18.4. The lowest BCUT2D eigenvalue weighted by atomic mass is 9.98. The van der Waals surface area contributed by atoms with Crippen molar-refractivity contribution in [2.45, 2.75) is 63.7 Å². The third-order valence-corrected chi connectivity index (χ3v) is 6.13. The summed E-state index contributed by atoms with van der Waals surface area (Å²) in [4.78, 5) is 68.5. The van der Waals surface area contributed by atoms with Gasteiger partial charge in [-0.05, 0) is 23.6 Å². The van der Waals surface area contributed by atoms with E-state index in [2.05, 4.69) is 25.9 Å². The van der Waals surface area contributed by atoms with E-state index < -0.39 is 66.2 Å². The number of nitrogens with zero attached hydrogens (tertiary/aromatic N) is 1. The van der Waals surface area contributed by atoms with Gasteiger partial charge in [-0.15, -0.1) is 0 Å². The molecule has 2 aromatic rings. The number of H-pyrrole nitrogens is 1. The number of phenols is 1. The number of carbonyl (C=O) groups is 5. The molecule has 0 radical (unpaired) electrons. The molecule has 212 valence electrons. The number of carboxylic acids is 2. The maximum absolute atomic E-state index is 13.4. The Hall–Kier alpha value is -4.46. The first-order valence-corrected chi connectivity index (χ1v) is 12.3. The van der Waals surface area contributed by atoms with Gasteiger partial charge < -0.3 is 42.0 Å². The number of benzene rings is 1. The number of hydrogen-bond acceptors (Lipinski definition) is 8. The number of amides is 3. The summed E-state index contributed by atoms with van der Waals surface area (Å²) in [5.41, 5.74) is 6.66. The molecular weight excluding hydrogens is 512 g/mol. The van der Waals surface area contributed by atoms with E-state index in [0.29, 0.717) is 17.7 Å². The molecule has 9 N–H and O–H groups in total. The zero-order chi connectivity index (χ0) is 29.1. The number of hydrogen-bond donors (Lipinski definition) is 8. The maximum atomic E-state index is 13.4. The highest BCUT2D eigenvalue weighted by molar-refractivity contribution is 5.95. The highest BCUT2D eigenvalue weighted by Crippen LogP contribution is 2.13. The lowest BCUT2D eigenvalue weighted by Crippen LogP contribution is -2.58. The lowest BCUT2D eigenvalue weighted by Gasteiger charge is -2.26. The first-order valence-electron chi connectivity index (χ1n) is 12.3. The molecule has 0 fully saturated rings. The van der Waals surface area contributed by atoms with Crippen molar-refractivity contribution >= 4 is 29.7 Å². The number of carboxylic acid groups (broad SMARTS) is 2. The van der Waals surface area contributed by atoms with Crippen molar-refractivity contribution in [2.75, 3.05) is 0 Å². The molecule has 14 nitrogen and oxygen atoms in total. The minimum Gasteiger partial charge on any atom is -0.508 e. The Labute approximate surface area is 224 Å². The molecule has 0 bridgehead atoms. The van der Waals surface area contributed by atoms with E-state index in [9.17, 15) is 34.2 Å². The SMILES string of the molecule is CCC(C)C(NC(=O)C(Cc1ccc(O)cc1)NC(=O)C(Cc1cnc[nH]1)NC(=O)C(N)CC(=O)O)C(=O)O. The predicted molar refractivity (Wildman–Crippen MR) is 137 cm³/mol. The molecule has 0 saturated heterocycles. The zero-order valence-corrected chi connectivity index (χ0v) is 21.6. The second-order valence-electron chi connectivity index (χ2n) is 9.19. The average molecular weight is 547 g/mol. The van der Waals surface area contributed by atoms with E-state index in [1.807, 2.05) is 0 Å². The summed E-state index contributed by atoms with van der Waals surface area (Å²) in [6.45, 7) is 3.45. The van der Waals surface area contributed by atoms with Gasteiger partial charge in [0.2, 0.25) is 17.7 Å². The van der Waals surface area contributed by atoms with E-state index in [1.54, 1.807) is 26.0 Å². The molecule has 0 spiro atoms. The summed E-state index contributed by atoms with van der Waals surface area (Å²) < 4.78 is 0. The Balaban J connectivity index is 2.31. The van der Waals surface area contributed by atoms with Crippen LogP contribution >= 0.6 is 0 Å². The normalized spacial score (nSPS) is 14.7. The van der Waals surface area contributed by atoms with Crippen molar-refractivity contribution in [3.8, 4) is 5.75 Å². The van der Waals surface area contributed by atoms with Crippen molar-refractivity contribution in [1.29, 1.82) is 0 Å². The van der Waals surface area contributed by atoms with Crippen molar-refractivity contribution in [2.24, 2.45) is 11.7 Å². The van der Waals surface area contributed by atoms with Gasteiger partial charge in [0.15, 0.2) is 0 Å². The molecule has 5 atom stereocenters. The first kappa shape index (κ1) is 30.8. The van der Waals surface area contributed by atoms with Crippen molar-refractivity contribution in [3.05, 3.63) is 48.0 Å². The molecule has 0 aliphatic rings. The summed E-state index contributed by atoms with van der Waals surface area (Å²) in [5, 5.41) is 35.6. The molecular formula is C25H34N6O8. The van der Waals surface area contributed by atoms with Gasteiger partial charge in [-0.2, -0.15) is 0 Å². The Morgan fingerprint density at radius 2 is 1.54 bits per heavy atom. The summed E-state index contributed by atoms with van der Waals surface area (Å²) >= 11 is 0. The predicted octanol–water partition coefficient (Wildman–Crippen LogP) is -0.712. The third-order valence-electron chi connectivity index (χ3n) is 6.13. The summed E-state index contributed by atoms with van der Waals surface area (Å²) in [6, 6.07) is 0.699. The number of nitrogens with one attached hydrogen (secondary N) is 4. The number of aromatic nitrogens is 2. The second-order valence-corrected chi connectivity index (χ2v) is 9.19. The van der Waals surface area contributed by atoms with Crippen molar-refractivity contribution in [1.82, 2.24) is 25.9 Å². The molecule has 0 saturated carbocycles. The average Bonchev–Trinajstić information content (AvgIpc) is 3.39. The molecule has 0 aliphatic heterocycles. The fraction of sp³-hybridized carbons (Fsp3) is 0.440. The number of carbonyl (C=O) groups excluding carboxylic acids is 3. The van der Waals surface area contributed by atoms with Gasteiger partial charge in [0, 0.05) is 24.7 Å². The van der Waals surface area contributed by atoms with Crippen LogP contribution in [0.25, 0.3) is 0 Å². The fourth-order valence-corrected chi connectivity index (χ4v) is 3.67. The maximum Gasteiger partial charge on any atom is 0.326 e. The Bertz CT molecular complexity index is 1140. The summed E-state index contributed by atoms with van der Waals surface area (Å²) in [6.07, 6.45) is 2.45. The number of rotatable bonds is 15. The number of aromatic amines is 1. The van der Waals surface area contributed by atoms with E-state index in [4.69, 9.17) is 10.8 Å². The molecule has 14 heteroatoms.